The Morgan fingerprint density at radius 2 is 1.93 bits per heavy atom. The number of hydrogen-bond donors (Lipinski definition) is 2. The predicted octanol–water partition coefficient (Wildman–Crippen LogP) is 3.04. The number of para-hydroxylation sites is 2. The maximum atomic E-state index is 12.4. The summed E-state index contributed by atoms with van der Waals surface area (Å²) in [6.45, 7) is -1.65. The van der Waals surface area contributed by atoms with Crippen molar-refractivity contribution in [3.05, 3.63) is 46.7 Å². The van der Waals surface area contributed by atoms with E-state index in [0.29, 0.717) is 5.56 Å². The second kappa shape index (κ2) is 10.4. The van der Waals surface area contributed by atoms with Crippen LogP contribution in [0, 0.1) is 0 Å². The normalized spacial score (nSPS) is 11.6. The summed E-state index contributed by atoms with van der Waals surface area (Å²) in [5.74, 6) is -1.91. The van der Waals surface area contributed by atoms with E-state index in [1.54, 1.807) is 16.8 Å². The molecule has 0 spiro atoms. The van der Waals surface area contributed by atoms with E-state index in [4.69, 9.17) is 4.74 Å². The lowest BCUT2D eigenvalue weighted by atomic mass is 10.2. The first-order valence-electron chi connectivity index (χ1n) is 8.21. The second-order valence-electron chi connectivity index (χ2n) is 5.51. The number of amides is 2. The number of benzene rings is 1. The lowest BCUT2D eigenvalue weighted by Gasteiger charge is -2.15. The summed E-state index contributed by atoms with van der Waals surface area (Å²) >= 11 is 1.38. The van der Waals surface area contributed by atoms with Crippen molar-refractivity contribution in [3.63, 3.8) is 0 Å². The van der Waals surface area contributed by atoms with Gasteiger partial charge < -0.3 is 20.1 Å². The fourth-order valence-electron chi connectivity index (χ4n) is 2.09. The highest BCUT2D eigenvalue weighted by molar-refractivity contribution is 7.08. The van der Waals surface area contributed by atoms with E-state index in [1.807, 2.05) is 0 Å². The summed E-state index contributed by atoms with van der Waals surface area (Å²) < 4.78 is 34.1. The number of rotatable bonds is 9. The minimum atomic E-state index is -3.04. The predicted molar refractivity (Wildman–Crippen MR) is 98.5 cm³/mol. The summed E-state index contributed by atoms with van der Waals surface area (Å²) in [6, 6.07) is 7.31. The van der Waals surface area contributed by atoms with Crippen LogP contribution in [0.3, 0.4) is 0 Å². The molecule has 2 amide bonds. The molecule has 1 aromatic heterocycles. The molecule has 2 aromatic rings. The Morgan fingerprint density at radius 1 is 1.18 bits per heavy atom. The molecule has 0 aliphatic heterocycles. The smallest absolute Gasteiger partial charge is 0.387 e. The number of carbonyl (C=O) groups excluding carboxylic acids is 3. The number of anilines is 1. The van der Waals surface area contributed by atoms with Crippen molar-refractivity contribution in [2.45, 2.75) is 26.1 Å². The number of nitrogens with one attached hydrogen (secondary N) is 2. The standard InChI is InChI=1S/C18H18F2N2O5S/c1-11(16(24)22-13-4-2-3-5-14(13)27-18(19)20)26-15(23)6-8-21-17(25)12-7-9-28-10-12/h2-5,7,9-11,18H,6,8H2,1H3,(H,21,25)(H,22,24). The highest BCUT2D eigenvalue weighted by Crippen LogP contribution is 2.25. The molecule has 0 aliphatic carbocycles. The molecule has 10 heteroatoms. The maximum Gasteiger partial charge on any atom is 0.387 e. The summed E-state index contributed by atoms with van der Waals surface area (Å²) in [5.41, 5.74) is 0.523. The zero-order chi connectivity index (χ0) is 20.5. The van der Waals surface area contributed by atoms with Crippen LogP contribution in [0.2, 0.25) is 0 Å². The van der Waals surface area contributed by atoms with Crippen molar-refractivity contribution in [3.8, 4) is 5.75 Å². The van der Waals surface area contributed by atoms with Crippen LogP contribution >= 0.6 is 11.3 Å². The third-order valence-electron chi connectivity index (χ3n) is 3.44. The molecular weight excluding hydrogens is 394 g/mol. The van der Waals surface area contributed by atoms with Gasteiger partial charge in [-0.3, -0.25) is 14.4 Å². The molecule has 2 rings (SSSR count). The molecule has 2 N–H and O–H groups in total. The lowest BCUT2D eigenvalue weighted by molar-refractivity contribution is -0.153. The van der Waals surface area contributed by atoms with Crippen LogP contribution in [0.15, 0.2) is 41.1 Å². The van der Waals surface area contributed by atoms with E-state index < -0.39 is 24.6 Å². The van der Waals surface area contributed by atoms with Crippen LogP contribution < -0.4 is 15.4 Å². The van der Waals surface area contributed by atoms with E-state index in [-0.39, 0.29) is 30.3 Å². The summed E-state index contributed by atoms with van der Waals surface area (Å²) in [5, 5.41) is 8.37. The molecule has 1 unspecified atom stereocenters. The molecule has 0 saturated heterocycles. The lowest BCUT2D eigenvalue weighted by Crippen LogP contribution is -2.32. The van der Waals surface area contributed by atoms with Crippen LogP contribution in [0.4, 0.5) is 14.5 Å². The van der Waals surface area contributed by atoms with Crippen molar-refractivity contribution < 1.29 is 32.6 Å². The first-order valence-corrected chi connectivity index (χ1v) is 9.15. The zero-order valence-electron chi connectivity index (χ0n) is 14.8. The first-order chi connectivity index (χ1) is 13.4. The summed E-state index contributed by atoms with van der Waals surface area (Å²) in [4.78, 5) is 35.7. The van der Waals surface area contributed by atoms with Crippen molar-refractivity contribution in [2.75, 3.05) is 11.9 Å². The molecule has 150 valence electrons. The van der Waals surface area contributed by atoms with Crippen molar-refractivity contribution in [1.82, 2.24) is 5.32 Å². The van der Waals surface area contributed by atoms with Gasteiger partial charge in [-0.2, -0.15) is 20.1 Å². The van der Waals surface area contributed by atoms with E-state index >= 15 is 0 Å². The van der Waals surface area contributed by atoms with Crippen molar-refractivity contribution >= 4 is 34.8 Å². The molecule has 0 bridgehead atoms. The Bertz CT molecular complexity index is 814. The number of hydrogen-bond acceptors (Lipinski definition) is 6. The number of carbonyl (C=O) groups is 3. The Kier molecular flexibility index (Phi) is 7.88. The van der Waals surface area contributed by atoms with Crippen LogP contribution in [0.25, 0.3) is 0 Å². The van der Waals surface area contributed by atoms with E-state index in [2.05, 4.69) is 15.4 Å². The van der Waals surface area contributed by atoms with Gasteiger partial charge in [0.05, 0.1) is 12.1 Å². The molecule has 0 saturated carbocycles. The van der Waals surface area contributed by atoms with Gasteiger partial charge in [-0.15, -0.1) is 0 Å². The minimum Gasteiger partial charge on any atom is -0.452 e. The number of thiophene rings is 1. The molecular formula is C18H18F2N2O5S. The largest absolute Gasteiger partial charge is 0.452 e. The topological polar surface area (TPSA) is 93.7 Å². The van der Waals surface area contributed by atoms with Crippen LogP contribution in [-0.4, -0.2) is 37.0 Å². The van der Waals surface area contributed by atoms with Gasteiger partial charge in [0, 0.05) is 17.5 Å². The molecule has 0 radical (unpaired) electrons. The first kappa shape index (κ1) is 21.3. The van der Waals surface area contributed by atoms with Crippen molar-refractivity contribution in [1.29, 1.82) is 0 Å². The van der Waals surface area contributed by atoms with Gasteiger partial charge in [-0.25, -0.2) is 0 Å². The Balaban J connectivity index is 1.79. The molecule has 0 aliphatic rings. The fourth-order valence-corrected chi connectivity index (χ4v) is 2.72. The number of esters is 1. The fraction of sp³-hybridized carbons (Fsp3) is 0.278. The third kappa shape index (κ3) is 6.62. The van der Waals surface area contributed by atoms with E-state index in [1.165, 1.54) is 42.5 Å². The van der Waals surface area contributed by atoms with Gasteiger partial charge in [0.15, 0.2) is 6.10 Å². The molecule has 1 atom stereocenters. The van der Waals surface area contributed by atoms with Gasteiger partial charge in [0.25, 0.3) is 11.8 Å². The van der Waals surface area contributed by atoms with Crippen LogP contribution in [-0.2, 0) is 14.3 Å². The van der Waals surface area contributed by atoms with Gasteiger partial charge in [-0.05, 0) is 30.5 Å². The highest BCUT2D eigenvalue weighted by Gasteiger charge is 2.20. The van der Waals surface area contributed by atoms with Gasteiger partial charge in [-0.1, -0.05) is 12.1 Å². The van der Waals surface area contributed by atoms with Gasteiger partial charge in [0.2, 0.25) is 0 Å². The quantitative estimate of drug-likeness (QED) is 0.618. The molecule has 0 fully saturated rings. The van der Waals surface area contributed by atoms with Crippen LogP contribution in [0.1, 0.15) is 23.7 Å². The summed E-state index contributed by atoms with van der Waals surface area (Å²) in [6.07, 6.45) is -1.29. The van der Waals surface area contributed by atoms with Crippen LogP contribution in [0.5, 0.6) is 5.75 Å². The van der Waals surface area contributed by atoms with E-state index in [9.17, 15) is 23.2 Å². The second-order valence-corrected chi connectivity index (χ2v) is 6.29. The third-order valence-corrected chi connectivity index (χ3v) is 4.12. The minimum absolute atomic E-state index is 0.0266. The van der Waals surface area contributed by atoms with Crippen molar-refractivity contribution in [2.24, 2.45) is 0 Å². The molecule has 1 heterocycles. The zero-order valence-corrected chi connectivity index (χ0v) is 15.6. The SMILES string of the molecule is CC(OC(=O)CCNC(=O)c1ccsc1)C(=O)Nc1ccccc1OC(F)F. The Labute approximate surface area is 163 Å². The number of alkyl halides is 2. The number of halogens is 2. The maximum absolute atomic E-state index is 12.4. The molecule has 7 nitrogen and oxygen atoms in total. The van der Waals surface area contributed by atoms with Gasteiger partial charge >= 0.3 is 12.6 Å². The van der Waals surface area contributed by atoms with Gasteiger partial charge in [0.1, 0.15) is 5.75 Å². The Hall–Kier alpha value is -3.01. The summed E-state index contributed by atoms with van der Waals surface area (Å²) in [7, 11) is 0. The number of ether oxygens (including phenoxy) is 2. The van der Waals surface area contributed by atoms with E-state index in [0.717, 1.165) is 0 Å². The Morgan fingerprint density at radius 3 is 2.61 bits per heavy atom. The molecule has 1 aromatic carbocycles. The average molecular weight is 412 g/mol. The molecule has 28 heavy (non-hydrogen) atoms. The monoisotopic (exact) mass is 412 g/mol. The average Bonchev–Trinajstić information content (AvgIpc) is 3.17. The highest BCUT2D eigenvalue weighted by atomic mass is 32.1.